The Kier molecular flexibility index (Phi) is 10.6. The number of hydroxylamine groups is 3. The highest BCUT2D eigenvalue weighted by molar-refractivity contribution is 5.79. The third kappa shape index (κ3) is 11.8. The molecule has 0 aromatic rings. The summed E-state index contributed by atoms with van der Waals surface area (Å²) < 4.78 is -0.297. The molecule has 1 aliphatic rings. The summed E-state index contributed by atoms with van der Waals surface area (Å²) in [6.45, 7) is 7.66. The fourth-order valence-electron chi connectivity index (χ4n) is 3.36. The molecule has 0 saturated carbocycles. The number of rotatable bonds is 11. The average Bonchev–Trinajstić information content (AvgIpc) is 2.58. The van der Waals surface area contributed by atoms with Crippen LogP contribution in [-0.2, 0) is 4.79 Å². The van der Waals surface area contributed by atoms with Crippen molar-refractivity contribution >= 4 is 5.91 Å². The maximum atomic E-state index is 12.2. The number of carbonyl (C=O) groups excluding carboxylic acids is 1. The largest absolute Gasteiger partial charge is 0.633 e. The van der Waals surface area contributed by atoms with Crippen molar-refractivity contribution in [3.63, 3.8) is 0 Å². The molecule has 0 aromatic heterocycles. The van der Waals surface area contributed by atoms with Crippen molar-refractivity contribution < 1.29 is 9.44 Å². The lowest BCUT2D eigenvalue weighted by atomic mass is 9.87. The highest BCUT2D eigenvalue weighted by Gasteiger charge is 2.21. The number of quaternary nitrogens is 1. The Hall–Kier alpha value is -1.39. The zero-order valence-electron chi connectivity index (χ0n) is 18.1. The van der Waals surface area contributed by atoms with Crippen molar-refractivity contribution in [3.8, 4) is 0 Å². The van der Waals surface area contributed by atoms with E-state index in [4.69, 9.17) is 0 Å². The van der Waals surface area contributed by atoms with E-state index in [1.54, 1.807) is 14.1 Å². The third-order valence-corrected chi connectivity index (χ3v) is 5.10. The van der Waals surface area contributed by atoms with Crippen LogP contribution in [0.15, 0.2) is 34.9 Å². The number of hydrogen-bond acceptors (Lipinski definition) is 2. The Balaban J connectivity index is 2.24. The summed E-state index contributed by atoms with van der Waals surface area (Å²) in [5.74, 6) is 0.251. The molecule has 1 unspecified atom stereocenters. The second-order valence-corrected chi connectivity index (χ2v) is 8.69. The molecule has 0 aliphatic heterocycles. The lowest BCUT2D eigenvalue weighted by molar-refractivity contribution is -0.840. The van der Waals surface area contributed by atoms with Gasteiger partial charge in [0.15, 0.2) is 0 Å². The van der Waals surface area contributed by atoms with Crippen LogP contribution in [0.3, 0.4) is 0 Å². The van der Waals surface area contributed by atoms with Crippen molar-refractivity contribution in [1.29, 1.82) is 0 Å². The molecule has 0 bridgehead atoms. The van der Waals surface area contributed by atoms with Crippen LogP contribution in [0.2, 0.25) is 0 Å². The second-order valence-electron chi connectivity index (χ2n) is 8.69. The van der Waals surface area contributed by atoms with Gasteiger partial charge in [-0.1, -0.05) is 34.9 Å². The van der Waals surface area contributed by atoms with E-state index in [9.17, 15) is 10.0 Å². The van der Waals surface area contributed by atoms with Gasteiger partial charge in [-0.3, -0.25) is 4.79 Å². The number of amides is 1. The molecule has 154 valence electrons. The third-order valence-electron chi connectivity index (χ3n) is 5.10. The van der Waals surface area contributed by atoms with Gasteiger partial charge in [0.25, 0.3) is 0 Å². The summed E-state index contributed by atoms with van der Waals surface area (Å²) >= 11 is 0. The van der Waals surface area contributed by atoms with E-state index >= 15 is 0 Å². The van der Waals surface area contributed by atoms with Crippen molar-refractivity contribution in [3.05, 3.63) is 40.2 Å². The molecule has 1 rings (SSSR count). The van der Waals surface area contributed by atoms with Crippen molar-refractivity contribution in [2.45, 2.75) is 72.1 Å². The Labute approximate surface area is 166 Å². The van der Waals surface area contributed by atoms with Crippen molar-refractivity contribution in [2.75, 3.05) is 27.2 Å². The number of allylic oxidation sites excluding steroid dienone is 6. The molecule has 1 aliphatic carbocycles. The molecule has 1 amide bonds. The van der Waals surface area contributed by atoms with E-state index in [1.807, 2.05) is 0 Å². The van der Waals surface area contributed by atoms with Gasteiger partial charge in [-0.2, -0.15) is 0 Å². The van der Waals surface area contributed by atoms with Crippen LogP contribution in [0.1, 0.15) is 72.1 Å². The highest BCUT2D eigenvalue weighted by Crippen LogP contribution is 2.26. The van der Waals surface area contributed by atoms with Gasteiger partial charge >= 0.3 is 0 Å². The number of carbonyl (C=O) groups is 1. The van der Waals surface area contributed by atoms with Crippen LogP contribution < -0.4 is 5.32 Å². The molecular weight excluding hydrogens is 336 g/mol. The average molecular weight is 377 g/mol. The minimum atomic E-state index is -0.297. The topological polar surface area (TPSA) is 52.2 Å². The molecule has 0 saturated heterocycles. The van der Waals surface area contributed by atoms with Crippen molar-refractivity contribution in [1.82, 2.24) is 5.32 Å². The van der Waals surface area contributed by atoms with Gasteiger partial charge in [-0.25, -0.2) is 0 Å². The van der Waals surface area contributed by atoms with E-state index in [0.29, 0.717) is 13.1 Å². The first kappa shape index (κ1) is 23.6. The maximum Gasteiger partial charge on any atom is 0.223 e. The normalized spacial score (nSPS) is 18.1. The Morgan fingerprint density at radius 1 is 1.26 bits per heavy atom. The van der Waals surface area contributed by atoms with E-state index in [1.165, 1.54) is 16.7 Å². The zero-order chi connectivity index (χ0) is 20.3. The molecule has 4 heteroatoms. The van der Waals surface area contributed by atoms with Crippen LogP contribution in [0.4, 0.5) is 0 Å². The SMILES string of the molecule is CC(C)=CCC/C(C)=C/CCC1=CCC(C(=O)NCCC[N+](C)(C)[O-])CC1. The van der Waals surface area contributed by atoms with E-state index in [-0.39, 0.29) is 16.5 Å². The van der Waals surface area contributed by atoms with Gasteiger partial charge in [0.1, 0.15) is 0 Å². The number of nitrogens with one attached hydrogen (secondary N) is 1. The van der Waals surface area contributed by atoms with E-state index in [0.717, 1.165) is 51.4 Å². The Morgan fingerprint density at radius 2 is 2.00 bits per heavy atom. The molecule has 1 N–H and O–H groups in total. The number of nitrogens with zero attached hydrogens (tertiary/aromatic N) is 1. The fourth-order valence-corrected chi connectivity index (χ4v) is 3.36. The monoisotopic (exact) mass is 376 g/mol. The molecule has 0 radical (unpaired) electrons. The lowest BCUT2D eigenvalue weighted by Crippen LogP contribution is -2.37. The quantitative estimate of drug-likeness (QED) is 0.231. The first-order chi connectivity index (χ1) is 12.7. The molecule has 0 aromatic carbocycles. The predicted octanol–water partition coefficient (Wildman–Crippen LogP) is 5.27. The summed E-state index contributed by atoms with van der Waals surface area (Å²) in [6.07, 6.45) is 15.0. The predicted molar refractivity (Wildman–Crippen MR) is 115 cm³/mol. The van der Waals surface area contributed by atoms with Gasteiger partial charge in [0, 0.05) is 18.9 Å². The molecule has 0 spiro atoms. The summed E-state index contributed by atoms with van der Waals surface area (Å²) in [4.78, 5) is 12.2. The van der Waals surface area contributed by atoms with Crippen LogP contribution in [0.5, 0.6) is 0 Å². The highest BCUT2D eigenvalue weighted by atomic mass is 16.5. The summed E-state index contributed by atoms with van der Waals surface area (Å²) in [5, 5.41) is 14.5. The fraction of sp³-hybridized carbons (Fsp3) is 0.696. The molecule has 0 fully saturated rings. The Morgan fingerprint density at radius 3 is 2.59 bits per heavy atom. The molecule has 4 nitrogen and oxygen atoms in total. The maximum absolute atomic E-state index is 12.2. The minimum absolute atomic E-state index is 0.102. The summed E-state index contributed by atoms with van der Waals surface area (Å²) in [6, 6.07) is 0. The first-order valence-corrected chi connectivity index (χ1v) is 10.5. The molecule has 27 heavy (non-hydrogen) atoms. The molecule has 0 heterocycles. The molecule has 1 atom stereocenters. The number of hydrogen-bond donors (Lipinski definition) is 1. The van der Waals surface area contributed by atoms with Gasteiger partial charge in [-0.15, -0.1) is 0 Å². The first-order valence-electron chi connectivity index (χ1n) is 10.5. The van der Waals surface area contributed by atoms with Gasteiger partial charge in [0.2, 0.25) is 5.91 Å². The lowest BCUT2D eigenvalue weighted by Gasteiger charge is -2.33. The Bertz CT molecular complexity index is 549. The second kappa shape index (κ2) is 12.1. The van der Waals surface area contributed by atoms with E-state index < -0.39 is 0 Å². The smallest absolute Gasteiger partial charge is 0.223 e. The van der Waals surface area contributed by atoms with Crippen LogP contribution in [-0.4, -0.2) is 37.7 Å². The zero-order valence-corrected chi connectivity index (χ0v) is 18.1. The van der Waals surface area contributed by atoms with Gasteiger partial charge < -0.3 is 15.2 Å². The molecular formula is C23H40N2O2. The van der Waals surface area contributed by atoms with Crippen LogP contribution >= 0.6 is 0 Å². The van der Waals surface area contributed by atoms with Gasteiger partial charge in [0.05, 0.1) is 20.6 Å². The summed E-state index contributed by atoms with van der Waals surface area (Å²) in [7, 11) is 3.27. The van der Waals surface area contributed by atoms with Crippen LogP contribution in [0.25, 0.3) is 0 Å². The standard InChI is InChI=1S/C23H40N2O2/c1-19(2)9-6-10-20(3)11-7-12-21-13-15-22(16-14-21)23(26)24-17-8-18-25(4,5)27/h9,11,13,22H,6-8,10,12,14-18H2,1-5H3,(H,24,26)/b20-11+. The van der Waals surface area contributed by atoms with Crippen molar-refractivity contribution in [2.24, 2.45) is 5.92 Å². The van der Waals surface area contributed by atoms with Crippen LogP contribution in [0, 0.1) is 11.1 Å². The summed E-state index contributed by atoms with van der Waals surface area (Å²) in [5.41, 5.74) is 4.36. The minimum Gasteiger partial charge on any atom is -0.633 e. The van der Waals surface area contributed by atoms with Gasteiger partial charge in [-0.05, 0) is 65.7 Å². The van der Waals surface area contributed by atoms with E-state index in [2.05, 4.69) is 44.3 Å².